The summed E-state index contributed by atoms with van der Waals surface area (Å²) in [7, 11) is 0. The fourth-order valence-corrected chi connectivity index (χ4v) is 2.01. The number of nitrogens with zero attached hydrogens (tertiary/aromatic N) is 1. The summed E-state index contributed by atoms with van der Waals surface area (Å²) < 4.78 is 9.35. The van der Waals surface area contributed by atoms with E-state index in [1.54, 1.807) is 6.92 Å². The van der Waals surface area contributed by atoms with Crippen molar-refractivity contribution in [3.05, 3.63) is 11.3 Å². The Morgan fingerprint density at radius 3 is 2.88 bits per heavy atom. The number of carboxylic acid groups (broad SMARTS) is 1. The molecule has 1 heterocycles. The highest BCUT2D eigenvalue weighted by atomic mass is 32.1. The lowest BCUT2D eigenvalue weighted by molar-refractivity contribution is 0.0696. The summed E-state index contributed by atoms with van der Waals surface area (Å²) in [6.07, 6.45) is 0.184. The molecule has 0 aliphatic carbocycles. The molecular formula is C10H16N2O3S. The third kappa shape index (κ3) is 3.46. The Hall–Kier alpha value is -1.14. The number of ether oxygens (including phenoxy) is 1. The zero-order chi connectivity index (χ0) is 12.1. The quantitative estimate of drug-likeness (QED) is 0.749. The van der Waals surface area contributed by atoms with E-state index in [0.29, 0.717) is 23.8 Å². The van der Waals surface area contributed by atoms with Crippen molar-refractivity contribution in [3.8, 4) is 0 Å². The SMILES string of the molecule is Cc1nsc(NCCOC(C)C)c1C(=O)O. The predicted octanol–water partition coefficient (Wildman–Crippen LogP) is 1.99. The Kier molecular flexibility index (Phi) is 4.70. The van der Waals surface area contributed by atoms with Crippen LogP contribution in [-0.2, 0) is 4.74 Å². The highest BCUT2D eigenvalue weighted by molar-refractivity contribution is 7.10. The maximum absolute atomic E-state index is 10.9. The average molecular weight is 244 g/mol. The average Bonchev–Trinajstić information content (AvgIpc) is 2.54. The first-order valence-corrected chi connectivity index (χ1v) is 5.84. The first kappa shape index (κ1) is 12.9. The van der Waals surface area contributed by atoms with Crippen LogP contribution < -0.4 is 5.32 Å². The Bertz CT molecular complexity index is 363. The van der Waals surface area contributed by atoms with Crippen molar-refractivity contribution >= 4 is 22.5 Å². The number of rotatable bonds is 6. The van der Waals surface area contributed by atoms with E-state index in [4.69, 9.17) is 9.84 Å². The maximum Gasteiger partial charge on any atom is 0.340 e. The minimum absolute atomic E-state index is 0.184. The molecular weight excluding hydrogens is 228 g/mol. The van der Waals surface area contributed by atoms with Crippen LogP contribution in [0.3, 0.4) is 0 Å². The second-order valence-electron chi connectivity index (χ2n) is 3.62. The van der Waals surface area contributed by atoms with Crippen molar-refractivity contribution in [2.24, 2.45) is 0 Å². The van der Waals surface area contributed by atoms with Gasteiger partial charge in [-0.15, -0.1) is 0 Å². The van der Waals surface area contributed by atoms with Gasteiger partial charge in [0.1, 0.15) is 10.6 Å². The predicted molar refractivity (Wildman–Crippen MR) is 63.4 cm³/mol. The van der Waals surface area contributed by atoms with E-state index >= 15 is 0 Å². The molecule has 6 heteroatoms. The van der Waals surface area contributed by atoms with E-state index in [1.165, 1.54) is 11.5 Å². The number of aryl methyl sites for hydroxylation is 1. The fourth-order valence-electron chi connectivity index (χ4n) is 1.20. The van der Waals surface area contributed by atoms with E-state index in [9.17, 15) is 4.79 Å². The Labute approximate surface area is 98.6 Å². The number of hydrogen-bond donors (Lipinski definition) is 2. The molecule has 0 fully saturated rings. The van der Waals surface area contributed by atoms with E-state index in [2.05, 4.69) is 9.69 Å². The third-order valence-electron chi connectivity index (χ3n) is 1.92. The molecule has 1 aromatic heterocycles. The monoisotopic (exact) mass is 244 g/mol. The first-order valence-electron chi connectivity index (χ1n) is 5.07. The summed E-state index contributed by atoms with van der Waals surface area (Å²) in [4.78, 5) is 10.9. The van der Waals surface area contributed by atoms with Gasteiger partial charge in [-0.2, -0.15) is 4.37 Å². The van der Waals surface area contributed by atoms with E-state index in [0.717, 1.165) is 0 Å². The van der Waals surface area contributed by atoms with Gasteiger partial charge >= 0.3 is 5.97 Å². The standard InChI is InChI=1S/C10H16N2O3S/c1-6(2)15-5-4-11-9-8(10(13)14)7(3)12-16-9/h6,11H,4-5H2,1-3H3,(H,13,14). The van der Waals surface area contributed by atoms with E-state index in [-0.39, 0.29) is 11.7 Å². The van der Waals surface area contributed by atoms with Crippen molar-refractivity contribution in [1.82, 2.24) is 4.37 Å². The van der Waals surface area contributed by atoms with Crippen LogP contribution in [0.5, 0.6) is 0 Å². The molecule has 0 bridgehead atoms. The fraction of sp³-hybridized carbons (Fsp3) is 0.600. The van der Waals surface area contributed by atoms with Crippen molar-refractivity contribution in [3.63, 3.8) is 0 Å². The number of anilines is 1. The third-order valence-corrected chi connectivity index (χ3v) is 2.81. The van der Waals surface area contributed by atoms with Crippen molar-refractivity contribution in [2.45, 2.75) is 26.9 Å². The summed E-state index contributed by atoms with van der Waals surface area (Å²) in [5, 5.41) is 12.6. The summed E-state index contributed by atoms with van der Waals surface area (Å²) in [6.45, 7) is 6.74. The molecule has 0 saturated carbocycles. The van der Waals surface area contributed by atoms with Crippen LogP contribution in [0.15, 0.2) is 0 Å². The summed E-state index contributed by atoms with van der Waals surface area (Å²) in [5.74, 6) is -0.946. The smallest absolute Gasteiger partial charge is 0.340 e. The van der Waals surface area contributed by atoms with Gasteiger partial charge in [0, 0.05) is 6.54 Å². The van der Waals surface area contributed by atoms with Gasteiger partial charge in [-0.05, 0) is 32.3 Å². The number of aromatic carboxylic acids is 1. The van der Waals surface area contributed by atoms with Gasteiger partial charge in [0.05, 0.1) is 18.4 Å². The highest BCUT2D eigenvalue weighted by Crippen LogP contribution is 2.23. The molecule has 5 nitrogen and oxygen atoms in total. The molecule has 0 saturated heterocycles. The number of hydrogen-bond acceptors (Lipinski definition) is 5. The van der Waals surface area contributed by atoms with Crippen molar-refractivity contribution in [1.29, 1.82) is 0 Å². The highest BCUT2D eigenvalue weighted by Gasteiger charge is 2.16. The molecule has 1 rings (SSSR count). The van der Waals surface area contributed by atoms with Crippen LogP contribution in [0.2, 0.25) is 0 Å². The molecule has 1 aromatic rings. The zero-order valence-corrected chi connectivity index (χ0v) is 10.4. The van der Waals surface area contributed by atoms with Gasteiger partial charge in [-0.25, -0.2) is 4.79 Å². The molecule has 0 aliphatic rings. The van der Waals surface area contributed by atoms with Gasteiger partial charge in [-0.3, -0.25) is 0 Å². The number of nitrogens with one attached hydrogen (secondary N) is 1. The summed E-state index contributed by atoms with van der Waals surface area (Å²) in [6, 6.07) is 0. The lowest BCUT2D eigenvalue weighted by Crippen LogP contribution is -2.14. The molecule has 0 radical (unpaired) electrons. The second kappa shape index (κ2) is 5.81. The van der Waals surface area contributed by atoms with Gasteiger partial charge < -0.3 is 15.2 Å². The van der Waals surface area contributed by atoms with Crippen LogP contribution >= 0.6 is 11.5 Å². The summed E-state index contributed by atoms with van der Waals surface area (Å²) in [5.41, 5.74) is 0.805. The van der Waals surface area contributed by atoms with E-state index < -0.39 is 5.97 Å². The lowest BCUT2D eigenvalue weighted by atomic mass is 10.2. The lowest BCUT2D eigenvalue weighted by Gasteiger charge is -2.08. The Morgan fingerprint density at radius 2 is 2.31 bits per heavy atom. The Morgan fingerprint density at radius 1 is 1.62 bits per heavy atom. The molecule has 0 aromatic carbocycles. The van der Waals surface area contributed by atoms with Gasteiger partial charge in [0.25, 0.3) is 0 Å². The largest absolute Gasteiger partial charge is 0.478 e. The van der Waals surface area contributed by atoms with Crippen LogP contribution in [0.1, 0.15) is 29.9 Å². The zero-order valence-electron chi connectivity index (χ0n) is 9.61. The number of carboxylic acids is 1. The molecule has 90 valence electrons. The van der Waals surface area contributed by atoms with Gasteiger partial charge in [0.15, 0.2) is 0 Å². The topological polar surface area (TPSA) is 71.5 Å². The molecule has 0 amide bonds. The molecule has 2 N–H and O–H groups in total. The second-order valence-corrected chi connectivity index (χ2v) is 4.40. The normalized spacial score (nSPS) is 10.8. The molecule has 16 heavy (non-hydrogen) atoms. The van der Waals surface area contributed by atoms with Crippen LogP contribution in [-0.4, -0.2) is 34.7 Å². The minimum atomic E-state index is -0.946. The van der Waals surface area contributed by atoms with Crippen LogP contribution in [0.25, 0.3) is 0 Å². The van der Waals surface area contributed by atoms with Crippen molar-refractivity contribution < 1.29 is 14.6 Å². The van der Waals surface area contributed by atoms with Gasteiger partial charge in [0.2, 0.25) is 0 Å². The number of carbonyl (C=O) groups is 1. The molecule has 0 atom stereocenters. The summed E-state index contributed by atoms with van der Waals surface area (Å²) >= 11 is 1.17. The number of aromatic nitrogens is 1. The molecule has 0 aliphatic heterocycles. The molecule has 0 unspecified atom stereocenters. The molecule has 0 spiro atoms. The first-order chi connectivity index (χ1) is 7.52. The minimum Gasteiger partial charge on any atom is -0.478 e. The van der Waals surface area contributed by atoms with Crippen molar-refractivity contribution in [2.75, 3.05) is 18.5 Å². The van der Waals surface area contributed by atoms with Crippen LogP contribution in [0, 0.1) is 6.92 Å². The van der Waals surface area contributed by atoms with Gasteiger partial charge in [-0.1, -0.05) is 0 Å². The van der Waals surface area contributed by atoms with Crippen LogP contribution in [0.4, 0.5) is 5.00 Å². The maximum atomic E-state index is 10.9. The van der Waals surface area contributed by atoms with E-state index in [1.807, 2.05) is 13.8 Å². The Balaban J connectivity index is 2.51.